The summed E-state index contributed by atoms with van der Waals surface area (Å²) < 4.78 is 18.7. The smallest absolute Gasteiger partial charge is 0.280 e. The molecule has 3 rings (SSSR count). The Bertz CT molecular complexity index is 1090. The van der Waals surface area contributed by atoms with Crippen LogP contribution in [0.5, 0.6) is 0 Å². The average molecular weight is 441 g/mol. The van der Waals surface area contributed by atoms with Crippen LogP contribution in [0.25, 0.3) is 0 Å². The Morgan fingerprint density at radius 3 is 2.45 bits per heavy atom. The molecule has 1 unspecified atom stereocenters. The van der Waals surface area contributed by atoms with Gasteiger partial charge >= 0.3 is 0 Å². The second-order valence-corrected chi connectivity index (χ2v) is 9.03. The van der Waals surface area contributed by atoms with Crippen LogP contribution in [-0.2, 0) is 4.79 Å². The molecule has 31 heavy (non-hydrogen) atoms. The molecule has 0 spiro atoms. The highest BCUT2D eigenvalue weighted by molar-refractivity contribution is 7.03. The second-order valence-electron chi connectivity index (χ2n) is 8.42. The molecule has 0 aliphatic carbocycles. The molecule has 1 heterocycles. The number of nitrogens with zero attached hydrogens (tertiary/aromatic N) is 3. The number of benzene rings is 2. The summed E-state index contributed by atoms with van der Waals surface area (Å²) in [4.78, 5) is 28.4. The minimum Gasteiger partial charge on any atom is -0.349 e. The van der Waals surface area contributed by atoms with Crippen LogP contribution in [0.1, 0.15) is 54.0 Å². The van der Waals surface area contributed by atoms with Crippen molar-refractivity contribution in [2.45, 2.75) is 46.2 Å². The molecule has 0 aliphatic heterocycles. The highest BCUT2D eigenvalue weighted by atomic mass is 32.1. The van der Waals surface area contributed by atoms with Gasteiger partial charge in [-0.15, -0.1) is 5.10 Å². The van der Waals surface area contributed by atoms with Crippen molar-refractivity contribution in [3.05, 3.63) is 76.0 Å². The fourth-order valence-electron chi connectivity index (χ4n) is 3.26. The monoisotopic (exact) mass is 440 g/mol. The van der Waals surface area contributed by atoms with Crippen LogP contribution in [0.4, 0.5) is 10.1 Å². The van der Waals surface area contributed by atoms with Gasteiger partial charge in [0.1, 0.15) is 11.9 Å². The van der Waals surface area contributed by atoms with Crippen LogP contribution in [0.2, 0.25) is 0 Å². The molecular formula is C23H25FN4O2S. The van der Waals surface area contributed by atoms with Crippen LogP contribution in [0, 0.1) is 19.7 Å². The van der Waals surface area contributed by atoms with Crippen LogP contribution in [0.3, 0.4) is 0 Å². The predicted octanol–water partition coefficient (Wildman–Crippen LogP) is 4.60. The maximum Gasteiger partial charge on any atom is 0.280 e. The lowest BCUT2D eigenvalue weighted by atomic mass is 9.98. The first kappa shape index (κ1) is 22.6. The van der Waals surface area contributed by atoms with Crippen molar-refractivity contribution in [1.82, 2.24) is 14.9 Å². The molecule has 8 heteroatoms. The molecular weight excluding hydrogens is 415 g/mol. The van der Waals surface area contributed by atoms with E-state index in [1.807, 2.05) is 52.8 Å². The predicted molar refractivity (Wildman–Crippen MR) is 120 cm³/mol. The molecule has 1 N–H and O–H groups in total. The van der Waals surface area contributed by atoms with E-state index >= 15 is 0 Å². The molecule has 0 aliphatic rings. The van der Waals surface area contributed by atoms with Crippen molar-refractivity contribution < 1.29 is 14.0 Å². The van der Waals surface area contributed by atoms with Gasteiger partial charge in [0, 0.05) is 22.2 Å². The van der Waals surface area contributed by atoms with Gasteiger partial charge in [0.05, 0.1) is 0 Å². The van der Waals surface area contributed by atoms with E-state index in [2.05, 4.69) is 14.9 Å². The fraction of sp³-hybridized carbons (Fsp3) is 0.304. The Balaban J connectivity index is 2.26. The zero-order chi connectivity index (χ0) is 22.8. The van der Waals surface area contributed by atoms with Crippen molar-refractivity contribution in [3.8, 4) is 0 Å². The van der Waals surface area contributed by atoms with Crippen molar-refractivity contribution in [1.29, 1.82) is 0 Å². The first-order chi connectivity index (χ1) is 14.6. The fourth-order valence-corrected chi connectivity index (χ4v) is 3.69. The van der Waals surface area contributed by atoms with Gasteiger partial charge in [-0.3, -0.25) is 14.5 Å². The van der Waals surface area contributed by atoms with E-state index in [-0.39, 0.29) is 11.3 Å². The number of hydrogen-bond acceptors (Lipinski definition) is 5. The van der Waals surface area contributed by atoms with Gasteiger partial charge in [0.2, 0.25) is 5.91 Å². The number of rotatable bonds is 5. The molecule has 1 atom stereocenters. The summed E-state index contributed by atoms with van der Waals surface area (Å²) in [7, 11) is 0. The normalized spacial score (nSPS) is 12.3. The van der Waals surface area contributed by atoms with Crippen molar-refractivity contribution in [2.75, 3.05) is 4.90 Å². The highest BCUT2D eigenvalue weighted by Crippen LogP contribution is 2.34. The van der Waals surface area contributed by atoms with E-state index < -0.39 is 29.2 Å². The van der Waals surface area contributed by atoms with Crippen LogP contribution in [-0.4, -0.2) is 26.9 Å². The minimum atomic E-state index is -1.24. The SMILES string of the molecule is Cc1ccc(C)c(N(C(=O)c2csnn2)C(C(=O)NC(C)(C)C)c2ccccc2F)c1. The zero-order valence-corrected chi connectivity index (χ0v) is 19.0. The largest absolute Gasteiger partial charge is 0.349 e. The lowest BCUT2D eigenvalue weighted by Gasteiger charge is -2.34. The summed E-state index contributed by atoms with van der Waals surface area (Å²) in [6, 6.07) is 10.3. The molecule has 0 bridgehead atoms. The summed E-state index contributed by atoms with van der Waals surface area (Å²) in [6.45, 7) is 9.23. The standard InChI is InChI=1S/C23H25FN4O2S/c1-14-10-11-15(2)19(12-14)28(22(30)18-13-31-27-26-18)20(21(29)25-23(3,4)5)16-8-6-7-9-17(16)24/h6-13,20H,1-5H3,(H,25,29). The first-order valence-corrected chi connectivity index (χ1v) is 10.7. The molecule has 0 fully saturated rings. The van der Waals surface area contributed by atoms with Gasteiger partial charge in [-0.25, -0.2) is 4.39 Å². The van der Waals surface area contributed by atoms with Gasteiger partial charge in [0.15, 0.2) is 5.69 Å². The molecule has 6 nitrogen and oxygen atoms in total. The number of halogens is 1. The summed E-state index contributed by atoms with van der Waals surface area (Å²) >= 11 is 1.03. The van der Waals surface area contributed by atoms with Crippen LogP contribution >= 0.6 is 11.5 Å². The van der Waals surface area contributed by atoms with E-state index in [4.69, 9.17) is 0 Å². The topological polar surface area (TPSA) is 75.2 Å². The summed E-state index contributed by atoms with van der Waals surface area (Å²) in [5.74, 6) is -1.59. The van der Waals surface area contributed by atoms with Gasteiger partial charge in [0.25, 0.3) is 5.91 Å². The quantitative estimate of drug-likeness (QED) is 0.629. The summed E-state index contributed by atoms with van der Waals surface area (Å²) in [5, 5.41) is 8.31. The molecule has 2 amide bonds. The summed E-state index contributed by atoms with van der Waals surface area (Å²) in [5.41, 5.74) is 1.79. The first-order valence-electron chi connectivity index (χ1n) is 9.83. The van der Waals surface area contributed by atoms with E-state index in [1.165, 1.54) is 22.4 Å². The Labute approximate surface area is 185 Å². The van der Waals surface area contributed by atoms with Crippen molar-refractivity contribution in [2.24, 2.45) is 0 Å². The average Bonchev–Trinajstić information content (AvgIpc) is 3.22. The number of amides is 2. The Kier molecular flexibility index (Phi) is 6.50. The maximum atomic E-state index is 15.0. The van der Waals surface area contributed by atoms with Gasteiger partial charge < -0.3 is 5.32 Å². The number of aromatic nitrogens is 2. The molecule has 2 aromatic carbocycles. The van der Waals surface area contributed by atoms with Crippen LogP contribution < -0.4 is 10.2 Å². The van der Waals surface area contributed by atoms with Gasteiger partial charge in [-0.2, -0.15) is 0 Å². The van der Waals surface area contributed by atoms with Crippen molar-refractivity contribution >= 4 is 29.0 Å². The molecule has 0 saturated carbocycles. The maximum absolute atomic E-state index is 15.0. The lowest BCUT2D eigenvalue weighted by molar-refractivity contribution is -0.124. The lowest BCUT2D eigenvalue weighted by Crippen LogP contribution is -2.50. The number of anilines is 1. The van der Waals surface area contributed by atoms with E-state index in [0.29, 0.717) is 5.69 Å². The Morgan fingerprint density at radius 2 is 1.84 bits per heavy atom. The minimum absolute atomic E-state index is 0.0933. The molecule has 162 valence electrons. The second kappa shape index (κ2) is 8.93. The highest BCUT2D eigenvalue weighted by Gasteiger charge is 2.37. The zero-order valence-electron chi connectivity index (χ0n) is 18.1. The summed E-state index contributed by atoms with van der Waals surface area (Å²) in [6.07, 6.45) is 0. The third-order valence-electron chi connectivity index (χ3n) is 4.63. The van der Waals surface area contributed by atoms with E-state index in [0.717, 1.165) is 22.7 Å². The molecule has 1 aromatic heterocycles. The molecule has 0 saturated heterocycles. The van der Waals surface area contributed by atoms with Gasteiger partial charge in [-0.05, 0) is 69.4 Å². The van der Waals surface area contributed by atoms with E-state index in [9.17, 15) is 14.0 Å². The number of carbonyl (C=O) groups excluding carboxylic acids is 2. The van der Waals surface area contributed by atoms with E-state index in [1.54, 1.807) is 12.1 Å². The number of carbonyl (C=O) groups is 2. The Morgan fingerprint density at radius 1 is 1.13 bits per heavy atom. The number of aryl methyl sites for hydroxylation is 2. The Hall–Kier alpha value is -3.13. The third-order valence-corrected chi connectivity index (χ3v) is 5.13. The number of nitrogens with one attached hydrogen (secondary N) is 1. The number of hydrogen-bond donors (Lipinski definition) is 1. The third kappa shape index (κ3) is 5.14. The molecule has 3 aromatic rings. The molecule has 0 radical (unpaired) electrons. The van der Waals surface area contributed by atoms with Gasteiger partial charge in [-0.1, -0.05) is 34.8 Å². The van der Waals surface area contributed by atoms with Crippen molar-refractivity contribution in [3.63, 3.8) is 0 Å². The van der Waals surface area contributed by atoms with Crippen LogP contribution in [0.15, 0.2) is 47.8 Å².